The van der Waals surface area contributed by atoms with E-state index in [0.29, 0.717) is 5.25 Å². The predicted octanol–water partition coefficient (Wildman–Crippen LogP) is 1.33. The largest absolute Gasteiger partial charge is 0.364 e. The molecule has 0 N–H and O–H groups in total. The van der Waals surface area contributed by atoms with Crippen LogP contribution < -0.4 is 0 Å². The van der Waals surface area contributed by atoms with Crippen molar-refractivity contribution in [3.63, 3.8) is 0 Å². The van der Waals surface area contributed by atoms with Crippen molar-refractivity contribution < 1.29 is 4.74 Å². The molecular weight excluding hydrogens is 134 g/mol. The molecule has 54 valence electrons. The van der Waals surface area contributed by atoms with Crippen LogP contribution in [0.4, 0.5) is 0 Å². The summed E-state index contributed by atoms with van der Waals surface area (Å²) < 4.78 is 7.42. The van der Waals surface area contributed by atoms with Gasteiger partial charge in [0, 0.05) is 11.8 Å². The van der Waals surface area contributed by atoms with Gasteiger partial charge in [0.2, 0.25) is 0 Å². The molecule has 1 aliphatic heterocycles. The van der Waals surface area contributed by atoms with Crippen molar-refractivity contribution in [3.8, 4) is 0 Å². The summed E-state index contributed by atoms with van der Waals surface area (Å²) in [7, 11) is 0. The van der Waals surface area contributed by atoms with Crippen LogP contribution in [0, 0.1) is 0 Å². The van der Waals surface area contributed by atoms with E-state index in [2.05, 4.69) is 18.2 Å². The average Bonchev–Trinajstić information content (AvgIpc) is 2.15. The normalized spacial score (nSPS) is 21.7. The molecule has 1 aliphatic rings. The van der Waals surface area contributed by atoms with E-state index < -0.39 is 0 Å². The first-order valence-electron chi connectivity index (χ1n) is 3.28. The van der Waals surface area contributed by atoms with Gasteiger partial charge in [-0.3, -0.25) is 0 Å². The summed E-state index contributed by atoms with van der Waals surface area (Å²) in [6.07, 6.45) is 0. The Labute approximate surface area is 60.7 Å². The lowest BCUT2D eigenvalue weighted by molar-refractivity contribution is 0.175. The van der Waals surface area contributed by atoms with Gasteiger partial charge in [0.05, 0.1) is 6.61 Å². The first kappa shape index (κ1) is 7.38. The second-order valence-electron chi connectivity index (χ2n) is 2.40. The lowest BCUT2D eigenvalue weighted by Gasteiger charge is -2.13. The van der Waals surface area contributed by atoms with E-state index in [1.54, 1.807) is 0 Å². The van der Waals surface area contributed by atoms with Crippen LogP contribution in [0.5, 0.6) is 0 Å². The fourth-order valence-corrected chi connectivity index (χ4v) is 1.69. The Morgan fingerprint density at radius 2 is 2.33 bits per heavy atom. The van der Waals surface area contributed by atoms with Crippen LogP contribution in [0.1, 0.15) is 13.8 Å². The molecule has 2 nitrogen and oxygen atoms in total. The van der Waals surface area contributed by atoms with Gasteiger partial charge >= 0.3 is 0 Å². The van der Waals surface area contributed by atoms with Gasteiger partial charge in [-0.2, -0.15) is 0 Å². The highest BCUT2D eigenvalue weighted by Crippen LogP contribution is 2.18. The molecule has 1 saturated heterocycles. The van der Waals surface area contributed by atoms with Gasteiger partial charge in [-0.05, 0) is 0 Å². The van der Waals surface area contributed by atoms with E-state index >= 15 is 0 Å². The molecule has 3 heteroatoms. The highest BCUT2D eigenvalue weighted by atomic mass is 32.2. The number of ether oxygens (including phenoxy) is 1. The summed E-state index contributed by atoms with van der Waals surface area (Å²) in [5.74, 6) is 0. The standard InChI is InChI=1S/C6H13NOS/c1-6(2)9-7-3-4-8-5-7/h6H,3-5H2,1-2H3. The van der Waals surface area contributed by atoms with Crippen LogP contribution in [-0.2, 0) is 4.74 Å². The topological polar surface area (TPSA) is 12.5 Å². The fraction of sp³-hybridized carbons (Fsp3) is 1.00. The molecular formula is C6H13NOS. The maximum absolute atomic E-state index is 5.16. The Morgan fingerprint density at radius 3 is 2.78 bits per heavy atom. The highest BCUT2D eigenvalue weighted by molar-refractivity contribution is 7.97. The molecule has 0 unspecified atom stereocenters. The molecule has 0 atom stereocenters. The second-order valence-corrected chi connectivity index (χ2v) is 4.07. The number of hydrogen-bond acceptors (Lipinski definition) is 3. The molecule has 0 aromatic carbocycles. The van der Waals surface area contributed by atoms with Crippen LogP contribution in [-0.4, -0.2) is 29.4 Å². The molecule has 0 radical (unpaired) electrons. The monoisotopic (exact) mass is 147 g/mol. The number of hydrogen-bond donors (Lipinski definition) is 0. The average molecular weight is 147 g/mol. The van der Waals surface area contributed by atoms with Gasteiger partial charge in [-0.25, -0.2) is 4.31 Å². The first-order valence-corrected chi connectivity index (χ1v) is 4.12. The lowest BCUT2D eigenvalue weighted by Crippen LogP contribution is -2.13. The van der Waals surface area contributed by atoms with E-state index in [4.69, 9.17) is 4.74 Å². The Kier molecular flexibility index (Phi) is 2.82. The maximum Gasteiger partial charge on any atom is 0.108 e. The van der Waals surface area contributed by atoms with Crippen molar-refractivity contribution in [3.05, 3.63) is 0 Å². The molecule has 0 spiro atoms. The molecule has 9 heavy (non-hydrogen) atoms. The summed E-state index contributed by atoms with van der Waals surface area (Å²) in [6.45, 7) is 7.19. The van der Waals surface area contributed by atoms with Crippen LogP contribution in [0.25, 0.3) is 0 Å². The van der Waals surface area contributed by atoms with Crippen LogP contribution in [0.3, 0.4) is 0 Å². The lowest BCUT2D eigenvalue weighted by atomic mass is 10.6. The SMILES string of the molecule is CC(C)SN1CCOC1. The van der Waals surface area contributed by atoms with Crippen molar-refractivity contribution in [2.75, 3.05) is 19.9 Å². The minimum Gasteiger partial charge on any atom is -0.364 e. The van der Waals surface area contributed by atoms with Gasteiger partial charge in [-0.1, -0.05) is 25.8 Å². The van der Waals surface area contributed by atoms with Gasteiger partial charge in [0.15, 0.2) is 0 Å². The van der Waals surface area contributed by atoms with Crippen molar-refractivity contribution in [1.82, 2.24) is 4.31 Å². The molecule has 1 heterocycles. The maximum atomic E-state index is 5.16. The molecule has 0 aliphatic carbocycles. The molecule has 1 fully saturated rings. The third-order valence-electron chi connectivity index (χ3n) is 1.08. The Bertz CT molecular complexity index is 81.1. The molecule has 0 aromatic heterocycles. The molecule has 0 aromatic rings. The second kappa shape index (κ2) is 3.44. The molecule has 0 amide bonds. The molecule has 0 saturated carbocycles. The predicted molar refractivity (Wildman–Crippen MR) is 40.3 cm³/mol. The third kappa shape index (κ3) is 2.56. The van der Waals surface area contributed by atoms with Gasteiger partial charge in [0.1, 0.15) is 6.73 Å². The van der Waals surface area contributed by atoms with Crippen molar-refractivity contribution in [1.29, 1.82) is 0 Å². The van der Waals surface area contributed by atoms with E-state index in [9.17, 15) is 0 Å². The summed E-state index contributed by atoms with van der Waals surface area (Å²) in [6, 6.07) is 0. The molecule has 1 rings (SSSR count). The van der Waals surface area contributed by atoms with Crippen LogP contribution in [0.2, 0.25) is 0 Å². The van der Waals surface area contributed by atoms with E-state index in [0.717, 1.165) is 19.9 Å². The fourth-order valence-electron chi connectivity index (χ4n) is 0.779. The van der Waals surface area contributed by atoms with E-state index in [1.165, 1.54) is 0 Å². The Balaban J connectivity index is 2.11. The van der Waals surface area contributed by atoms with Crippen molar-refractivity contribution >= 4 is 11.9 Å². The summed E-state index contributed by atoms with van der Waals surface area (Å²) in [4.78, 5) is 0. The zero-order valence-corrected chi connectivity index (χ0v) is 6.78. The van der Waals surface area contributed by atoms with E-state index in [1.807, 2.05) is 11.9 Å². The third-order valence-corrected chi connectivity index (χ3v) is 2.09. The van der Waals surface area contributed by atoms with Crippen molar-refractivity contribution in [2.24, 2.45) is 0 Å². The Morgan fingerprint density at radius 1 is 1.56 bits per heavy atom. The quantitative estimate of drug-likeness (QED) is 0.547. The molecule has 0 bridgehead atoms. The minimum absolute atomic E-state index is 0.687. The number of nitrogens with zero attached hydrogens (tertiary/aromatic N) is 1. The zero-order chi connectivity index (χ0) is 6.69. The first-order chi connectivity index (χ1) is 4.29. The van der Waals surface area contributed by atoms with Crippen LogP contribution in [0.15, 0.2) is 0 Å². The van der Waals surface area contributed by atoms with Gasteiger partial charge in [-0.15, -0.1) is 0 Å². The van der Waals surface area contributed by atoms with Gasteiger partial charge < -0.3 is 4.74 Å². The van der Waals surface area contributed by atoms with Crippen molar-refractivity contribution in [2.45, 2.75) is 19.1 Å². The summed E-state index contributed by atoms with van der Waals surface area (Å²) in [5, 5.41) is 0.687. The van der Waals surface area contributed by atoms with Crippen LogP contribution >= 0.6 is 11.9 Å². The Hall–Kier alpha value is 0.270. The smallest absolute Gasteiger partial charge is 0.108 e. The summed E-state index contributed by atoms with van der Waals surface area (Å²) >= 11 is 1.87. The number of rotatable bonds is 2. The van der Waals surface area contributed by atoms with Gasteiger partial charge in [0.25, 0.3) is 0 Å². The zero-order valence-electron chi connectivity index (χ0n) is 5.96. The summed E-state index contributed by atoms with van der Waals surface area (Å²) in [5.41, 5.74) is 0. The van der Waals surface area contributed by atoms with E-state index in [-0.39, 0.29) is 0 Å². The minimum atomic E-state index is 0.687. The highest BCUT2D eigenvalue weighted by Gasteiger charge is 2.12.